The van der Waals surface area contributed by atoms with Crippen LogP contribution >= 0.6 is 0 Å². The number of carbonyl (C=O) groups excluding carboxylic acids is 1. The molecule has 0 atom stereocenters. The lowest BCUT2D eigenvalue weighted by molar-refractivity contribution is 0.111. The fourth-order valence-corrected chi connectivity index (χ4v) is 1.48. The molecule has 2 heterocycles. The number of pyridine rings is 1. The van der Waals surface area contributed by atoms with E-state index >= 15 is 0 Å². The molecular formula is C13H12N2O2. The van der Waals surface area contributed by atoms with Gasteiger partial charge < -0.3 is 9.72 Å². The predicted molar refractivity (Wildman–Crippen MR) is 65.9 cm³/mol. The molecule has 0 aromatic carbocycles. The SMILES string of the molecule is COc1cc(C=O)[nH]c1/C=C\c1cccnc1. The Morgan fingerprint density at radius 1 is 1.41 bits per heavy atom. The van der Waals surface area contributed by atoms with Crippen LogP contribution in [0.2, 0.25) is 0 Å². The summed E-state index contributed by atoms with van der Waals surface area (Å²) in [6.45, 7) is 0. The summed E-state index contributed by atoms with van der Waals surface area (Å²) in [5, 5.41) is 0. The van der Waals surface area contributed by atoms with E-state index in [1.165, 1.54) is 0 Å². The number of aldehydes is 1. The summed E-state index contributed by atoms with van der Waals surface area (Å²) >= 11 is 0. The second-order valence-electron chi connectivity index (χ2n) is 3.44. The van der Waals surface area contributed by atoms with Crippen molar-refractivity contribution in [2.45, 2.75) is 0 Å². The van der Waals surface area contributed by atoms with Crippen LogP contribution in [0.3, 0.4) is 0 Å². The molecule has 4 nitrogen and oxygen atoms in total. The van der Waals surface area contributed by atoms with Crippen LogP contribution in [0.1, 0.15) is 21.7 Å². The first-order valence-electron chi connectivity index (χ1n) is 5.14. The molecular weight excluding hydrogens is 216 g/mol. The number of hydrogen-bond donors (Lipinski definition) is 1. The molecule has 0 unspecified atom stereocenters. The van der Waals surface area contributed by atoms with Crippen LogP contribution in [0.25, 0.3) is 12.2 Å². The first kappa shape index (κ1) is 11.1. The Morgan fingerprint density at radius 3 is 2.94 bits per heavy atom. The minimum Gasteiger partial charge on any atom is -0.494 e. The average Bonchev–Trinajstić information content (AvgIpc) is 2.80. The van der Waals surface area contributed by atoms with Crippen LogP contribution in [-0.2, 0) is 0 Å². The minimum absolute atomic E-state index is 0.493. The lowest BCUT2D eigenvalue weighted by Crippen LogP contribution is -1.82. The molecule has 17 heavy (non-hydrogen) atoms. The number of carbonyl (C=O) groups is 1. The Balaban J connectivity index is 2.26. The number of H-pyrrole nitrogens is 1. The van der Waals surface area contributed by atoms with Crippen molar-refractivity contribution in [2.75, 3.05) is 7.11 Å². The third kappa shape index (κ3) is 2.60. The van der Waals surface area contributed by atoms with Gasteiger partial charge in [-0.05, 0) is 17.7 Å². The summed E-state index contributed by atoms with van der Waals surface area (Å²) in [4.78, 5) is 17.6. The fourth-order valence-electron chi connectivity index (χ4n) is 1.48. The molecule has 0 saturated carbocycles. The largest absolute Gasteiger partial charge is 0.494 e. The van der Waals surface area contributed by atoms with Gasteiger partial charge in [-0.25, -0.2) is 0 Å². The van der Waals surface area contributed by atoms with Gasteiger partial charge in [0.25, 0.3) is 0 Å². The predicted octanol–water partition coefficient (Wildman–Crippen LogP) is 2.40. The van der Waals surface area contributed by atoms with Gasteiger partial charge in [-0.2, -0.15) is 0 Å². The van der Waals surface area contributed by atoms with Gasteiger partial charge in [-0.1, -0.05) is 12.1 Å². The van der Waals surface area contributed by atoms with Gasteiger partial charge in [0.2, 0.25) is 0 Å². The molecule has 0 bridgehead atoms. The van der Waals surface area contributed by atoms with Crippen LogP contribution in [0.15, 0.2) is 30.6 Å². The molecule has 0 spiro atoms. The quantitative estimate of drug-likeness (QED) is 0.817. The second-order valence-corrected chi connectivity index (χ2v) is 3.44. The van der Waals surface area contributed by atoms with Crippen molar-refractivity contribution in [1.82, 2.24) is 9.97 Å². The number of nitrogens with one attached hydrogen (secondary N) is 1. The highest BCUT2D eigenvalue weighted by Crippen LogP contribution is 2.21. The number of hydrogen-bond acceptors (Lipinski definition) is 3. The van der Waals surface area contributed by atoms with Gasteiger partial charge in [0, 0.05) is 18.5 Å². The Morgan fingerprint density at radius 2 is 2.29 bits per heavy atom. The third-order valence-electron chi connectivity index (χ3n) is 2.30. The number of aromatic nitrogens is 2. The molecule has 0 radical (unpaired) electrons. The van der Waals surface area contributed by atoms with E-state index in [-0.39, 0.29) is 0 Å². The molecule has 4 heteroatoms. The maximum atomic E-state index is 10.6. The van der Waals surface area contributed by atoms with Crippen molar-refractivity contribution in [1.29, 1.82) is 0 Å². The lowest BCUT2D eigenvalue weighted by atomic mass is 10.2. The van der Waals surface area contributed by atoms with Gasteiger partial charge in [-0.3, -0.25) is 9.78 Å². The van der Waals surface area contributed by atoms with E-state index in [0.29, 0.717) is 11.4 Å². The topological polar surface area (TPSA) is 55.0 Å². The van der Waals surface area contributed by atoms with Crippen LogP contribution in [-0.4, -0.2) is 23.4 Å². The minimum atomic E-state index is 0.493. The highest BCUT2D eigenvalue weighted by atomic mass is 16.5. The maximum absolute atomic E-state index is 10.6. The van der Waals surface area contributed by atoms with Crippen LogP contribution in [0, 0.1) is 0 Å². The van der Waals surface area contributed by atoms with Gasteiger partial charge in [0.05, 0.1) is 18.5 Å². The van der Waals surface area contributed by atoms with E-state index in [9.17, 15) is 4.79 Å². The van der Waals surface area contributed by atoms with Crippen molar-refractivity contribution in [3.05, 3.63) is 47.5 Å². The number of methoxy groups -OCH3 is 1. The molecule has 86 valence electrons. The summed E-state index contributed by atoms with van der Waals surface area (Å²) in [5.74, 6) is 0.646. The molecule has 1 N–H and O–H groups in total. The number of aromatic amines is 1. The average molecular weight is 228 g/mol. The zero-order valence-electron chi connectivity index (χ0n) is 9.38. The Kier molecular flexibility index (Phi) is 3.35. The van der Waals surface area contributed by atoms with Crippen molar-refractivity contribution in [3.8, 4) is 5.75 Å². The number of ether oxygens (including phenoxy) is 1. The van der Waals surface area contributed by atoms with E-state index in [1.807, 2.05) is 24.3 Å². The molecule has 2 rings (SSSR count). The first-order valence-corrected chi connectivity index (χ1v) is 5.14. The van der Waals surface area contributed by atoms with Gasteiger partial charge >= 0.3 is 0 Å². The molecule has 2 aromatic heterocycles. The molecule has 0 aliphatic heterocycles. The highest BCUT2D eigenvalue weighted by Gasteiger charge is 2.04. The zero-order chi connectivity index (χ0) is 12.1. The third-order valence-corrected chi connectivity index (χ3v) is 2.30. The van der Waals surface area contributed by atoms with Crippen molar-refractivity contribution in [3.63, 3.8) is 0 Å². The van der Waals surface area contributed by atoms with Crippen molar-refractivity contribution in [2.24, 2.45) is 0 Å². The number of rotatable bonds is 4. The van der Waals surface area contributed by atoms with E-state index in [4.69, 9.17) is 4.74 Å². The maximum Gasteiger partial charge on any atom is 0.166 e. The second kappa shape index (κ2) is 5.12. The molecule has 0 saturated heterocycles. The Hall–Kier alpha value is -2.36. The van der Waals surface area contributed by atoms with Crippen molar-refractivity contribution < 1.29 is 9.53 Å². The monoisotopic (exact) mass is 228 g/mol. The van der Waals surface area contributed by atoms with E-state index < -0.39 is 0 Å². The standard InChI is InChI=1S/C13H12N2O2/c1-17-13-7-11(9-16)15-12(13)5-4-10-3-2-6-14-8-10/h2-9,15H,1H3/b5-4-. The first-order chi connectivity index (χ1) is 8.33. The summed E-state index contributed by atoms with van der Waals surface area (Å²) in [6.07, 6.45) is 7.98. The van der Waals surface area contributed by atoms with E-state index in [0.717, 1.165) is 17.5 Å². The molecule has 2 aromatic rings. The smallest absolute Gasteiger partial charge is 0.166 e. The zero-order valence-corrected chi connectivity index (χ0v) is 9.38. The Bertz CT molecular complexity index is 530. The van der Waals surface area contributed by atoms with E-state index in [2.05, 4.69) is 9.97 Å². The van der Waals surface area contributed by atoms with Crippen LogP contribution < -0.4 is 4.74 Å². The molecule has 0 aliphatic rings. The Labute approximate surface area is 99.0 Å². The van der Waals surface area contributed by atoms with E-state index in [1.54, 1.807) is 25.6 Å². The normalized spacial score (nSPS) is 10.6. The van der Waals surface area contributed by atoms with Gasteiger partial charge in [0.15, 0.2) is 6.29 Å². The van der Waals surface area contributed by atoms with Crippen LogP contribution in [0.5, 0.6) is 5.75 Å². The van der Waals surface area contributed by atoms with Gasteiger partial charge in [-0.15, -0.1) is 0 Å². The fraction of sp³-hybridized carbons (Fsp3) is 0.0769. The number of nitrogens with zero attached hydrogens (tertiary/aromatic N) is 1. The molecule has 0 aliphatic carbocycles. The summed E-state index contributed by atoms with van der Waals surface area (Å²) in [7, 11) is 1.57. The summed E-state index contributed by atoms with van der Waals surface area (Å²) in [5.41, 5.74) is 2.24. The lowest BCUT2D eigenvalue weighted by Gasteiger charge is -1.96. The molecule has 0 amide bonds. The highest BCUT2D eigenvalue weighted by molar-refractivity contribution is 5.78. The van der Waals surface area contributed by atoms with Crippen molar-refractivity contribution >= 4 is 18.4 Å². The van der Waals surface area contributed by atoms with Gasteiger partial charge in [0.1, 0.15) is 5.75 Å². The summed E-state index contributed by atoms with van der Waals surface area (Å²) < 4.78 is 5.16. The van der Waals surface area contributed by atoms with Crippen LogP contribution in [0.4, 0.5) is 0 Å². The molecule has 0 fully saturated rings. The summed E-state index contributed by atoms with van der Waals surface area (Å²) in [6, 6.07) is 5.47.